The number of nitrogens with zero attached hydrogens (tertiary/aromatic N) is 3. The second kappa shape index (κ2) is 12.3. The summed E-state index contributed by atoms with van der Waals surface area (Å²) in [5.41, 5.74) is 0. The highest BCUT2D eigenvalue weighted by Crippen LogP contribution is 2.16. The van der Waals surface area contributed by atoms with Crippen molar-refractivity contribution >= 4 is 29.9 Å². The first kappa shape index (κ1) is 22.0. The third-order valence-electron chi connectivity index (χ3n) is 5.19. The van der Waals surface area contributed by atoms with Crippen molar-refractivity contribution in [3.63, 3.8) is 0 Å². The Morgan fingerprint density at radius 1 is 1.25 bits per heavy atom. The standard InChI is InChI=1S/C18H36N4O.HI/c1-16-6-11-22(12-7-16)10-5-4-9-20-18(19-2)21(3)14-17-8-13-23-15-17;/h16-17H,4-15H2,1-3H3,(H,19,20);1H. The Labute approximate surface area is 165 Å². The van der Waals surface area contributed by atoms with Gasteiger partial charge in [-0.05, 0) is 57.7 Å². The van der Waals surface area contributed by atoms with Crippen LogP contribution in [0.5, 0.6) is 0 Å². The van der Waals surface area contributed by atoms with Crippen molar-refractivity contribution in [1.82, 2.24) is 15.1 Å². The topological polar surface area (TPSA) is 40.1 Å². The third-order valence-corrected chi connectivity index (χ3v) is 5.19. The van der Waals surface area contributed by atoms with Gasteiger partial charge in [0, 0.05) is 39.7 Å². The number of nitrogens with one attached hydrogen (secondary N) is 1. The highest BCUT2D eigenvalue weighted by Gasteiger charge is 2.19. The van der Waals surface area contributed by atoms with Crippen molar-refractivity contribution in [2.75, 3.05) is 60.0 Å². The van der Waals surface area contributed by atoms with Crippen LogP contribution in [0, 0.1) is 11.8 Å². The maximum absolute atomic E-state index is 5.46. The molecular weight excluding hydrogens is 415 g/mol. The minimum atomic E-state index is 0. The summed E-state index contributed by atoms with van der Waals surface area (Å²) >= 11 is 0. The van der Waals surface area contributed by atoms with Crippen molar-refractivity contribution in [1.29, 1.82) is 0 Å². The van der Waals surface area contributed by atoms with E-state index in [-0.39, 0.29) is 24.0 Å². The molecule has 0 spiro atoms. The summed E-state index contributed by atoms with van der Waals surface area (Å²) in [6.07, 6.45) is 6.42. The monoisotopic (exact) mass is 452 g/mol. The average molecular weight is 452 g/mol. The van der Waals surface area contributed by atoms with Crippen LogP contribution >= 0.6 is 24.0 Å². The van der Waals surface area contributed by atoms with Crippen molar-refractivity contribution < 1.29 is 4.74 Å². The van der Waals surface area contributed by atoms with Crippen LogP contribution in [0.4, 0.5) is 0 Å². The summed E-state index contributed by atoms with van der Waals surface area (Å²) in [4.78, 5) is 9.27. The summed E-state index contributed by atoms with van der Waals surface area (Å²) < 4.78 is 5.46. The molecule has 2 heterocycles. The van der Waals surface area contributed by atoms with Crippen molar-refractivity contribution in [3.05, 3.63) is 0 Å². The Bertz CT molecular complexity index is 353. The van der Waals surface area contributed by atoms with Crippen LogP contribution in [-0.2, 0) is 4.74 Å². The molecule has 0 aromatic rings. The first-order chi connectivity index (χ1) is 11.2. The molecule has 0 aromatic carbocycles. The summed E-state index contributed by atoms with van der Waals surface area (Å²) in [6, 6.07) is 0. The largest absolute Gasteiger partial charge is 0.381 e. The van der Waals surface area contributed by atoms with E-state index in [0.29, 0.717) is 5.92 Å². The Balaban J connectivity index is 0.00000288. The minimum Gasteiger partial charge on any atom is -0.381 e. The second-order valence-electron chi connectivity index (χ2n) is 7.32. The van der Waals surface area contributed by atoms with E-state index in [0.717, 1.165) is 38.2 Å². The van der Waals surface area contributed by atoms with Gasteiger partial charge in [-0.1, -0.05) is 6.92 Å². The normalized spacial score (nSPS) is 23.1. The molecule has 142 valence electrons. The number of likely N-dealkylation sites (tertiary alicyclic amines) is 1. The van der Waals surface area contributed by atoms with Gasteiger partial charge in [-0.25, -0.2) is 0 Å². The zero-order chi connectivity index (χ0) is 16.5. The Hall–Kier alpha value is -0.0800. The minimum absolute atomic E-state index is 0. The first-order valence-electron chi connectivity index (χ1n) is 9.41. The fourth-order valence-corrected chi connectivity index (χ4v) is 3.53. The average Bonchev–Trinajstić information content (AvgIpc) is 3.05. The molecule has 2 rings (SSSR count). The van der Waals surface area contributed by atoms with Gasteiger partial charge in [-0.3, -0.25) is 4.99 Å². The van der Waals surface area contributed by atoms with Gasteiger partial charge < -0.3 is 19.9 Å². The molecule has 2 saturated heterocycles. The molecule has 0 radical (unpaired) electrons. The lowest BCUT2D eigenvalue weighted by atomic mass is 9.99. The summed E-state index contributed by atoms with van der Waals surface area (Å²) in [6.45, 7) is 10.1. The number of halogens is 1. The number of rotatable bonds is 7. The lowest BCUT2D eigenvalue weighted by Crippen LogP contribution is -2.42. The van der Waals surface area contributed by atoms with Gasteiger partial charge in [-0.15, -0.1) is 24.0 Å². The molecule has 6 heteroatoms. The van der Waals surface area contributed by atoms with Gasteiger partial charge >= 0.3 is 0 Å². The molecule has 0 aliphatic carbocycles. The molecule has 1 unspecified atom stereocenters. The number of hydrogen-bond acceptors (Lipinski definition) is 3. The summed E-state index contributed by atoms with van der Waals surface area (Å²) in [7, 11) is 4.00. The van der Waals surface area contributed by atoms with E-state index in [1.165, 1.54) is 51.7 Å². The Morgan fingerprint density at radius 3 is 2.62 bits per heavy atom. The molecule has 2 aliphatic rings. The van der Waals surface area contributed by atoms with Crippen molar-refractivity contribution in [2.24, 2.45) is 16.8 Å². The molecule has 24 heavy (non-hydrogen) atoms. The van der Waals surface area contributed by atoms with E-state index in [1.54, 1.807) is 0 Å². The van der Waals surface area contributed by atoms with Crippen LogP contribution in [0.2, 0.25) is 0 Å². The van der Waals surface area contributed by atoms with E-state index in [9.17, 15) is 0 Å². The Kier molecular flexibility index (Phi) is 11.3. The molecule has 0 amide bonds. The highest BCUT2D eigenvalue weighted by molar-refractivity contribution is 14.0. The maximum Gasteiger partial charge on any atom is 0.193 e. The quantitative estimate of drug-likeness (QED) is 0.279. The molecule has 2 aliphatic heterocycles. The predicted octanol–water partition coefficient (Wildman–Crippen LogP) is 2.66. The smallest absolute Gasteiger partial charge is 0.193 e. The Morgan fingerprint density at radius 2 is 2.00 bits per heavy atom. The van der Waals surface area contributed by atoms with Crippen LogP contribution in [0.15, 0.2) is 4.99 Å². The van der Waals surface area contributed by atoms with Gasteiger partial charge in [0.2, 0.25) is 0 Å². The molecule has 2 fully saturated rings. The van der Waals surface area contributed by atoms with Crippen LogP contribution in [-0.4, -0.2) is 75.8 Å². The van der Waals surface area contributed by atoms with E-state index >= 15 is 0 Å². The van der Waals surface area contributed by atoms with Crippen molar-refractivity contribution in [2.45, 2.75) is 39.0 Å². The van der Waals surface area contributed by atoms with Crippen molar-refractivity contribution in [3.8, 4) is 0 Å². The van der Waals surface area contributed by atoms with Gasteiger partial charge in [0.25, 0.3) is 0 Å². The van der Waals surface area contributed by atoms with E-state index < -0.39 is 0 Å². The number of hydrogen-bond donors (Lipinski definition) is 1. The number of aliphatic imine (C=N–C) groups is 1. The van der Waals surface area contributed by atoms with Crippen LogP contribution in [0.3, 0.4) is 0 Å². The molecule has 0 bridgehead atoms. The maximum atomic E-state index is 5.46. The summed E-state index contributed by atoms with van der Waals surface area (Å²) in [5.74, 6) is 2.60. The van der Waals surface area contributed by atoms with Gasteiger partial charge in [-0.2, -0.15) is 0 Å². The fourth-order valence-electron chi connectivity index (χ4n) is 3.53. The molecule has 1 N–H and O–H groups in total. The summed E-state index contributed by atoms with van der Waals surface area (Å²) in [5, 5.41) is 3.50. The van der Waals surface area contributed by atoms with E-state index in [2.05, 4.69) is 34.1 Å². The van der Waals surface area contributed by atoms with Gasteiger partial charge in [0.05, 0.1) is 6.61 Å². The first-order valence-corrected chi connectivity index (χ1v) is 9.41. The second-order valence-corrected chi connectivity index (χ2v) is 7.32. The van der Waals surface area contributed by atoms with Crippen LogP contribution in [0.1, 0.15) is 39.0 Å². The molecule has 1 atom stereocenters. The number of guanidine groups is 1. The number of unbranched alkanes of at least 4 members (excludes halogenated alkanes) is 1. The zero-order valence-electron chi connectivity index (χ0n) is 15.8. The predicted molar refractivity (Wildman–Crippen MR) is 112 cm³/mol. The lowest BCUT2D eigenvalue weighted by Gasteiger charge is -2.30. The molecule has 0 saturated carbocycles. The zero-order valence-corrected chi connectivity index (χ0v) is 18.1. The van der Waals surface area contributed by atoms with Crippen LogP contribution < -0.4 is 5.32 Å². The van der Waals surface area contributed by atoms with Crippen LogP contribution in [0.25, 0.3) is 0 Å². The highest BCUT2D eigenvalue weighted by atomic mass is 127. The lowest BCUT2D eigenvalue weighted by molar-refractivity contribution is 0.181. The third kappa shape index (κ3) is 7.87. The molecular formula is C18H37IN4O. The number of ether oxygens (including phenoxy) is 1. The fraction of sp³-hybridized carbons (Fsp3) is 0.944. The molecule has 0 aromatic heterocycles. The van der Waals surface area contributed by atoms with Gasteiger partial charge in [0.15, 0.2) is 5.96 Å². The molecule has 5 nitrogen and oxygen atoms in total. The number of piperidine rings is 1. The van der Waals surface area contributed by atoms with Gasteiger partial charge in [0.1, 0.15) is 0 Å². The SMILES string of the molecule is CN=C(NCCCCN1CCC(C)CC1)N(C)CC1CCOC1.I. The van der Waals surface area contributed by atoms with E-state index in [1.807, 2.05) is 7.05 Å². The van der Waals surface area contributed by atoms with E-state index in [4.69, 9.17) is 4.74 Å².